The number of rotatable bonds is 5. The van der Waals surface area contributed by atoms with E-state index in [0.717, 1.165) is 55.7 Å². The normalized spacial score (nSPS) is 22.1. The zero-order valence-electron chi connectivity index (χ0n) is 18.1. The molecule has 2 aliphatic heterocycles. The molecule has 164 valence electrons. The standard InChI is InChI=1S/C24H31N5O2/c30-22(13-17-5-1-2-6-17)29-11-4-8-21(29)23-26-20-9-12-28(16-19(20)24(31)27-23)15-18-7-3-10-25-14-18/h3,7,10,14,17,21H,1-2,4-6,8-9,11-13,15-16H2,(H,26,27,31)/t21-/m1/s1. The minimum atomic E-state index is -0.0830. The van der Waals surface area contributed by atoms with Crippen molar-refractivity contribution in [3.63, 3.8) is 0 Å². The van der Waals surface area contributed by atoms with Crippen molar-refractivity contribution in [2.75, 3.05) is 13.1 Å². The van der Waals surface area contributed by atoms with Crippen LogP contribution in [0.3, 0.4) is 0 Å². The Morgan fingerprint density at radius 1 is 1.16 bits per heavy atom. The number of carbonyl (C=O) groups is 1. The van der Waals surface area contributed by atoms with Crippen LogP contribution in [-0.4, -0.2) is 43.7 Å². The van der Waals surface area contributed by atoms with E-state index < -0.39 is 0 Å². The van der Waals surface area contributed by atoms with Gasteiger partial charge in [0.1, 0.15) is 5.82 Å². The lowest BCUT2D eigenvalue weighted by Crippen LogP contribution is -2.38. The van der Waals surface area contributed by atoms with E-state index in [4.69, 9.17) is 4.98 Å². The summed E-state index contributed by atoms with van der Waals surface area (Å²) in [5.41, 5.74) is 2.76. The number of likely N-dealkylation sites (tertiary alicyclic amines) is 1. The molecule has 31 heavy (non-hydrogen) atoms. The zero-order valence-corrected chi connectivity index (χ0v) is 18.1. The molecule has 7 heteroatoms. The van der Waals surface area contributed by atoms with Crippen LogP contribution in [0.25, 0.3) is 0 Å². The van der Waals surface area contributed by atoms with Gasteiger partial charge in [-0.05, 0) is 43.2 Å². The van der Waals surface area contributed by atoms with E-state index in [1.54, 1.807) is 6.20 Å². The number of nitrogens with zero attached hydrogens (tertiary/aromatic N) is 4. The number of amides is 1. The monoisotopic (exact) mass is 421 g/mol. The molecule has 7 nitrogen and oxygen atoms in total. The molecule has 1 amide bonds. The Morgan fingerprint density at radius 2 is 2.03 bits per heavy atom. The van der Waals surface area contributed by atoms with Crippen molar-refractivity contribution in [1.29, 1.82) is 0 Å². The average molecular weight is 422 g/mol. The van der Waals surface area contributed by atoms with E-state index >= 15 is 0 Å². The van der Waals surface area contributed by atoms with Crippen LogP contribution in [0.2, 0.25) is 0 Å². The molecule has 1 aliphatic carbocycles. The number of carbonyl (C=O) groups excluding carboxylic acids is 1. The molecule has 0 bridgehead atoms. The van der Waals surface area contributed by atoms with E-state index in [9.17, 15) is 9.59 Å². The van der Waals surface area contributed by atoms with Crippen LogP contribution in [-0.2, 0) is 24.3 Å². The third kappa shape index (κ3) is 4.42. The minimum Gasteiger partial charge on any atom is -0.333 e. The van der Waals surface area contributed by atoms with Crippen LogP contribution in [0.15, 0.2) is 29.3 Å². The number of pyridine rings is 1. The molecule has 3 aliphatic rings. The smallest absolute Gasteiger partial charge is 0.255 e. The third-order valence-electron chi connectivity index (χ3n) is 7.12. The van der Waals surface area contributed by atoms with Crippen LogP contribution in [0.4, 0.5) is 0 Å². The first-order chi connectivity index (χ1) is 15.2. The molecule has 1 saturated carbocycles. The molecule has 5 rings (SSSR count). The molecule has 2 aromatic heterocycles. The highest BCUT2D eigenvalue weighted by Gasteiger charge is 2.34. The summed E-state index contributed by atoms with van der Waals surface area (Å²) in [6, 6.07) is 3.92. The van der Waals surface area contributed by atoms with Gasteiger partial charge in [0.05, 0.1) is 17.3 Å². The summed E-state index contributed by atoms with van der Waals surface area (Å²) >= 11 is 0. The van der Waals surface area contributed by atoms with Crippen molar-refractivity contribution < 1.29 is 4.79 Å². The van der Waals surface area contributed by atoms with Gasteiger partial charge in [0.15, 0.2) is 0 Å². The molecule has 4 heterocycles. The Labute approximate surface area is 182 Å². The maximum absolute atomic E-state index is 13.0. The van der Waals surface area contributed by atoms with Gasteiger partial charge >= 0.3 is 0 Å². The predicted molar refractivity (Wildman–Crippen MR) is 117 cm³/mol. The maximum Gasteiger partial charge on any atom is 0.255 e. The Morgan fingerprint density at radius 3 is 2.84 bits per heavy atom. The SMILES string of the molecule is O=C(CC1CCCC1)N1CCC[C@@H]1c1nc2c(c(=O)[nH]1)CN(Cc1cccnc1)CC2. The summed E-state index contributed by atoms with van der Waals surface area (Å²) in [5, 5.41) is 0. The molecule has 1 saturated heterocycles. The van der Waals surface area contributed by atoms with Gasteiger partial charge < -0.3 is 9.88 Å². The molecule has 2 aromatic rings. The van der Waals surface area contributed by atoms with Crippen molar-refractivity contribution in [2.45, 2.75) is 70.5 Å². The van der Waals surface area contributed by atoms with Crippen LogP contribution in [0.5, 0.6) is 0 Å². The Kier molecular flexibility index (Phi) is 5.85. The maximum atomic E-state index is 13.0. The number of hydrogen-bond acceptors (Lipinski definition) is 5. The summed E-state index contributed by atoms with van der Waals surface area (Å²) in [6.45, 7) is 3.02. The topological polar surface area (TPSA) is 82.2 Å². The van der Waals surface area contributed by atoms with Crippen LogP contribution >= 0.6 is 0 Å². The molecule has 0 radical (unpaired) electrons. The Bertz CT molecular complexity index is 983. The summed E-state index contributed by atoms with van der Waals surface area (Å²) in [4.78, 5) is 42.3. The number of aromatic nitrogens is 3. The van der Waals surface area contributed by atoms with Crippen molar-refractivity contribution in [2.24, 2.45) is 5.92 Å². The van der Waals surface area contributed by atoms with Gasteiger partial charge in [0, 0.05) is 51.4 Å². The highest BCUT2D eigenvalue weighted by molar-refractivity contribution is 5.77. The fourth-order valence-corrected chi connectivity index (χ4v) is 5.47. The fourth-order valence-electron chi connectivity index (χ4n) is 5.47. The molecule has 1 atom stereocenters. The second-order valence-electron chi connectivity index (χ2n) is 9.30. The quantitative estimate of drug-likeness (QED) is 0.803. The minimum absolute atomic E-state index is 0.0500. The summed E-state index contributed by atoms with van der Waals surface area (Å²) in [5.74, 6) is 1.45. The molecule has 0 aromatic carbocycles. The summed E-state index contributed by atoms with van der Waals surface area (Å²) < 4.78 is 0. The first-order valence-corrected chi connectivity index (χ1v) is 11.7. The Hall–Kier alpha value is -2.54. The number of aromatic amines is 1. The van der Waals surface area contributed by atoms with Gasteiger partial charge in [-0.3, -0.25) is 19.5 Å². The van der Waals surface area contributed by atoms with Crippen molar-refractivity contribution in [3.05, 3.63) is 57.5 Å². The summed E-state index contributed by atoms with van der Waals surface area (Å²) in [6.07, 6.45) is 11.8. The number of H-pyrrole nitrogens is 1. The molecular weight excluding hydrogens is 390 g/mol. The van der Waals surface area contributed by atoms with Gasteiger partial charge in [0.25, 0.3) is 5.56 Å². The van der Waals surface area contributed by atoms with E-state index in [1.165, 1.54) is 25.7 Å². The average Bonchev–Trinajstić information content (AvgIpc) is 3.47. The molecule has 0 spiro atoms. The third-order valence-corrected chi connectivity index (χ3v) is 7.12. The van der Waals surface area contributed by atoms with Crippen molar-refractivity contribution in [3.8, 4) is 0 Å². The van der Waals surface area contributed by atoms with Gasteiger partial charge in [-0.2, -0.15) is 0 Å². The van der Waals surface area contributed by atoms with Crippen molar-refractivity contribution in [1.82, 2.24) is 24.8 Å². The second kappa shape index (κ2) is 8.91. The predicted octanol–water partition coefficient (Wildman–Crippen LogP) is 2.97. The first kappa shape index (κ1) is 20.4. The summed E-state index contributed by atoms with van der Waals surface area (Å²) in [7, 11) is 0. The molecule has 1 N–H and O–H groups in total. The highest BCUT2D eigenvalue weighted by Crippen LogP contribution is 2.34. The van der Waals surface area contributed by atoms with E-state index in [1.807, 2.05) is 17.2 Å². The van der Waals surface area contributed by atoms with Gasteiger partial charge in [-0.1, -0.05) is 18.9 Å². The van der Waals surface area contributed by atoms with E-state index in [-0.39, 0.29) is 17.5 Å². The van der Waals surface area contributed by atoms with Gasteiger partial charge in [0.2, 0.25) is 5.91 Å². The Balaban J connectivity index is 1.30. The van der Waals surface area contributed by atoms with Crippen LogP contribution in [0, 0.1) is 5.92 Å². The van der Waals surface area contributed by atoms with E-state index in [2.05, 4.69) is 20.9 Å². The van der Waals surface area contributed by atoms with Crippen molar-refractivity contribution >= 4 is 5.91 Å². The first-order valence-electron chi connectivity index (χ1n) is 11.7. The van der Waals surface area contributed by atoms with Gasteiger partial charge in [-0.25, -0.2) is 4.98 Å². The number of nitrogens with one attached hydrogen (secondary N) is 1. The zero-order chi connectivity index (χ0) is 21.2. The lowest BCUT2D eigenvalue weighted by atomic mass is 10.0. The second-order valence-corrected chi connectivity index (χ2v) is 9.30. The number of hydrogen-bond donors (Lipinski definition) is 1. The lowest BCUT2D eigenvalue weighted by molar-refractivity contribution is -0.133. The van der Waals surface area contributed by atoms with Gasteiger partial charge in [-0.15, -0.1) is 0 Å². The highest BCUT2D eigenvalue weighted by atomic mass is 16.2. The number of fused-ring (bicyclic) bond motifs is 1. The molecule has 0 unspecified atom stereocenters. The lowest BCUT2D eigenvalue weighted by Gasteiger charge is -2.29. The molecular formula is C24H31N5O2. The largest absolute Gasteiger partial charge is 0.333 e. The van der Waals surface area contributed by atoms with E-state index in [0.29, 0.717) is 24.7 Å². The van der Waals surface area contributed by atoms with Crippen LogP contribution < -0.4 is 5.56 Å². The molecule has 2 fully saturated rings. The van der Waals surface area contributed by atoms with Crippen LogP contribution in [0.1, 0.15) is 73.6 Å². The fraction of sp³-hybridized carbons (Fsp3) is 0.583.